The van der Waals surface area contributed by atoms with Crippen molar-refractivity contribution in [2.24, 2.45) is 5.73 Å². The molecule has 1 atom stereocenters. The van der Waals surface area contributed by atoms with E-state index in [4.69, 9.17) is 15.2 Å². The summed E-state index contributed by atoms with van der Waals surface area (Å²) in [5.41, 5.74) is 7.98. The van der Waals surface area contributed by atoms with E-state index >= 15 is 0 Å². The fourth-order valence-corrected chi connectivity index (χ4v) is 1.66. The molecule has 0 aliphatic carbocycles. The zero-order chi connectivity index (χ0) is 11.3. The van der Waals surface area contributed by atoms with E-state index in [1.54, 1.807) is 14.2 Å². The summed E-state index contributed by atoms with van der Waals surface area (Å²) in [6, 6.07) is 6.01. The predicted molar refractivity (Wildman–Crippen MR) is 61.2 cm³/mol. The molecule has 0 saturated carbocycles. The maximum atomic E-state index is 5.68. The second-order valence-corrected chi connectivity index (χ2v) is 3.60. The lowest BCUT2D eigenvalue weighted by Gasteiger charge is -2.17. The van der Waals surface area contributed by atoms with Crippen LogP contribution in [0.2, 0.25) is 0 Å². The highest BCUT2D eigenvalue weighted by molar-refractivity contribution is 5.41. The summed E-state index contributed by atoms with van der Waals surface area (Å²) in [5.74, 6) is 1.19. The lowest BCUT2D eigenvalue weighted by Crippen LogP contribution is -2.12. The van der Waals surface area contributed by atoms with Gasteiger partial charge in [0.05, 0.1) is 13.7 Å². The minimum atomic E-state index is 0.324. The van der Waals surface area contributed by atoms with Crippen molar-refractivity contribution in [3.8, 4) is 5.75 Å². The Labute approximate surface area is 91.2 Å². The Kier molecular flexibility index (Phi) is 4.59. The van der Waals surface area contributed by atoms with Gasteiger partial charge in [0.1, 0.15) is 5.75 Å². The van der Waals surface area contributed by atoms with Crippen LogP contribution in [-0.4, -0.2) is 20.8 Å². The number of nitrogens with two attached hydrogens (primary N) is 1. The molecule has 15 heavy (non-hydrogen) atoms. The topological polar surface area (TPSA) is 44.5 Å². The number of ether oxygens (including phenoxy) is 2. The molecule has 1 unspecified atom stereocenters. The molecule has 0 heterocycles. The van der Waals surface area contributed by atoms with Crippen molar-refractivity contribution in [2.45, 2.75) is 19.4 Å². The summed E-state index contributed by atoms with van der Waals surface area (Å²) >= 11 is 0. The van der Waals surface area contributed by atoms with Gasteiger partial charge in [-0.25, -0.2) is 0 Å². The highest BCUT2D eigenvalue weighted by Crippen LogP contribution is 2.28. The Bertz CT molecular complexity index is 312. The van der Waals surface area contributed by atoms with Gasteiger partial charge >= 0.3 is 0 Å². The van der Waals surface area contributed by atoms with E-state index in [0.717, 1.165) is 11.3 Å². The first-order chi connectivity index (χ1) is 7.24. The number of rotatable bonds is 5. The van der Waals surface area contributed by atoms with Crippen LogP contribution in [0, 0.1) is 0 Å². The SMILES string of the molecule is COCc1c(OC)cccc1C(C)CN. The van der Waals surface area contributed by atoms with Gasteiger partial charge in [-0.05, 0) is 24.1 Å². The number of hydrogen-bond acceptors (Lipinski definition) is 3. The molecular weight excluding hydrogens is 190 g/mol. The molecule has 1 aromatic carbocycles. The van der Waals surface area contributed by atoms with Crippen molar-refractivity contribution in [3.63, 3.8) is 0 Å². The third-order valence-electron chi connectivity index (χ3n) is 2.56. The number of methoxy groups -OCH3 is 2. The van der Waals surface area contributed by atoms with Gasteiger partial charge in [0.2, 0.25) is 0 Å². The van der Waals surface area contributed by atoms with E-state index < -0.39 is 0 Å². The molecule has 0 fully saturated rings. The summed E-state index contributed by atoms with van der Waals surface area (Å²) in [6.07, 6.45) is 0. The van der Waals surface area contributed by atoms with Crippen molar-refractivity contribution in [2.75, 3.05) is 20.8 Å². The van der Waals surface area contributed by atoms with Gasteiger partial charge in [-0.3, -0.25) is 0 Å². The molecule has 0 bridgehead atoms. The highest BCUT2D eigenvalue weighted by Gasteiger charge is 2.13. The fraction of sp³-hybridized carbons (Fsp3) is 0.500. The normalized spacial score (nSPS) is 12.5. The average Bonchev–Trinajstić information content (AvgIpc) is 2.28. The van der Waals surface area contributed by atoms with Crippen LogP contribution in [0.3, 0.4) is 0 Å². The second kappa shape index (κ2) is 5.73. The van der Waals surface area contributed by atoms with E-state index in [-0.39, 0.29) is 0 Å². The summed E-state index contributed by atoms with van der Waals surface area (Å²) in [5, 5.41) is 0. The van der Waals surface area contributed by atoms with Crippen LogP contribution in [0.5, 0.6) is 5.75 Å². The largest absolute Gasteiger partial charge is 0.496 e. The van der Waals surface area contributed by atoms with Gasteiger partial charge in [-0.15, -0.1) is 0 Å². The number of hydrogen-bond donors (Lipinski definition) is 1. The van der Waals surface area contributed by atoms with E-state index in [2.05, 4.69) is 13.0 Å². The Balaban J connectivity index is 3.12. The van der Waals surface area contributed by atoms with Crippen molar-refractivity contribution in [3.05, 3.63) is 29.3 Å². The molecule has 0 aliphatic heterocycles. The first-order valence-corrected chi connectivity index (χ1v) is 5.09. The molecule has 0 aromatic heterocycles. The zero-order valence-electron chi connectivity index (χ0n) is 9.62. The maximum absolute atomic E-state index is 5.68. The van der Waals surface area contributed by atoms with Crippen LogP contribution < -0.4 is 10.5 Å². The Morgan fingerprint density at radius 1 is 1.33 bits per heavy atom. The third-order valence-corrected chi connectivity index (χ3v) is 2.56. The average molecular weight is 209 g/mol. The quantitative estimate of drug-likeness (QED) is 0.805. The molecule has 84 valence electrons. The van der Waals surface area contributed by atoms with E-state index in [9.17, 15) is 0 Å². The summed E-state index contributed by atoms with van der Waals surface area (Å²) < 4.78 is 10.5. The van der Waals surface area contributed by atoms with Crippen molar-refractivity contribution >= 4 is 0 Å². The molecule has 0 aliphatic rings. The van der Waals surface area contributed by atoms with Gasteiger partial charge in [-0.2, -0.15) is 0 Å². The zero-order valence-corrected chi connectivity index (χ0v) is 9.62. The van der Waals surface area contributed by atoms with Crippen LogP contribution in [0.1, 0.15) is 24.0 Å². The van der Waals surface area contributed by atoms with E-state index in [1.807, 2.05) is 12.1 Å². The Hall–Kier alpha value is -1.06. The first kappa shape index (κ1) is 12.0. The molecule has 2 N–H and O–H groups in total. The standard InChI is InChI=1S/C12H19NO2/c1-9(7-13)10-5-4-6-12(15-3)11(10)8-14-2/h4-6,9H,7-8,13H2,1-3H3. The minimum absolute atomic E-state index is 0.324. The second-order valence-electron chi connectivity index (χ2n) is 3.60. The third kappa shape index (κ3) is 2.70. The summed E-state index contributed by atoms with van der Waals surface area (Å²) in [6.45, 7) is 3.29. The van der Waals surface area contributed by atoms with Gasteiger partial charge < -0.3 is 15.2 Å². The van der Waals surface area contributed by atoms with E-state index in [1.165, 1.54) is 5.56 Å². The molecule has 0 amide bonds. The van der Waals surface area contributed by atoms with Crippen LogP contribution in [-0.2, 0) is 11.3 Å². The molecule has 3 heteroatoms. The fourth-order valence-electron chi connectivity index (χ4n) is 1.66. The van der Waals surface area contributed by atoms with Crippen LogP contribution in [0.25, 0.3) is 0 Å². The number of benzene rings is 1. The molecular formula is C12H19NO2. The lowest BCUT2D eigenvalue weighted by atomic mass is 9.95. The minimum Gasteiger partial charge on any atom is -0.496 e. The van der Waals surface area contributed by atoms with Crippen molar-refractivity contribution in [1.29, 1.82) is 0 Å². The first-order valence-electron chi connectivity index (χ1n) is 5.09. The van der Waals surface area contributed by atoms with Gasteiger partial charge in [0.25, 0.3) is 0 Å². The maximum Gasteiger partial charge on any atom is 0.124 e. The van der Waals surface area contributed by atoms with Crippen LogP contribution >= 0.6 is 0 Å². The predicted octanol–water partition coefficient (Wildman–Crippen LogP) is 1.90. The molecule has 0 spiro atoms. The molecule has 1 rings (SSSR count). The van der Waals surface area contributed by atoms with Crippen LogP contribution in [0.15, 0.2) is 18.2 Å². The van der Waals surface area contributed by atoms with Crippen LogP contribution in [0.4, 0.5) is 0 Å². The van der Waals surface area contributed by atoms with Gasteiger partial charge in [-0.1, -0.05) is 19.1 Å². The lowest BCUT2D eigenvalue weighted by molar-refractivity contribution is 0.180. The van der Waals surface area contributed by atoms with Crippen molar-refractivity contribution < 1.29 is 9.47 Å². The van der Waals surface area contributed by atoms with Gasteiger partial charge in [0, 0.05) is 12.7 Å². The summed E-state index contributed by atoms with van der Waals surface area (Å²) in [7, 11) is 3.36. The van der Waals surface area contributed by atoms with E-state index in [0.29, 0.717) is 19.1 Å². The van der Waals surface area contributed by atoms with Gasteiger partial charge in [0.15, 0.2) is 0 Å². The smallest absolute Gasteiger partial charge is 0.124 e. The van der Waals surface area contributed by atoms with Crippen molar-refractivity contribution in [1.82, 2.24) is 0 Å². The monoisotopic (exact) mass is 209 g/mol. The summed E-state index contributed by atoms with van der Waals surface area (Å²) in [4.78, 5) is 0. The molecule has 0 saturated heterocycles. The Morgan fingerprint density at radius 3 is 2.60 bits per heavy atom. The molecule has 1 aromatic rings. The molecule has 0 radical (unpaired) electrons. The Morgan fingerprint density at radius 2 is 2.07 bits per heavy atom. The molecule has 3 nitrogen and oxygen atoms in total. The highest BCUT2D eigenvalue weighted by atomic mass is 16.5.